The molecule has 0 spiro atoms. The molecule has 0 N–H and O–H groups in total. The number of hydrogen-bond donors (Lipinski definition) is 0. The van der Waals surface area contributed by atoms with Gasteiger partial charge in [-0.1, -0.05) is 15.9 Å². The first-order chi connectivity index (χ1) is 5.61. The van der Waals surface area contributed by atoms with E-state index in [0.717, 1.165) is 6.29 Å². The summed E-state index contributed by atoms with van der Waals surface area (Å²) in [4.78, 5) is 12.8. The molecule has 12 heavy (non-hydrogen) atoms. The van der Waals surface area contributed by atoms with E-state index < -0.39 is 0 Å². The van der Waals surface area contributed by atoms with Crippen molar-refractivity contribution in [1.82, 2.24) is 4.90 Å². The Morgan fingerprint density at radius 3 is 2.75 bits per heavy atom. The largest absolute Gasteiger partial charge is 0.352 e. The van der Waals surface area contributed by atoms with Crippen LogP contribution in [0.4, 0.5) is 0 Å². The Labute approximate surface area is 85.5 Å². The summed E-state index contributed by atoms with van der Waals surface area (Å²) in [7, 11) is 0. The minimum atomic E-state index is -0.0498. The zero-order valence-corrected chi connectivity index (χ0v) is 9.56. The maximum atomic E-state index is 10.7. The van der Waals surface area contributed by atoms with Crippen LogP contribution in [0.1, 0.15) is 13.8 Å². The zero-order valence-electron chi connectivity index (χ0n) is 7.16. The highest BCUT2D eigenvalue weighted by atomic mass is 79.9. The molecule has 0 aromatic carbocycles. The second-order valence-electron chi connectivity index (χ2n) is 3.11. The Balaban J connectivity index is 2.72. The number of carbonyl (C=O) groups is 1. The highest BCUT2D eigenvalue weighted by Gasteiger charge is 2.32. The number of aldehydes is 1. The van der Waals surface area contributed by atoms with Crippen LogP contribution in [-0.2, 0) is 4.79 Å². The van der Waals surface area contributed by atoms with Gasteiger partial charge in [-0.05, 0) is 19.3 Å². The van der Waals surface area contributed by atoms with Crippen molar-refractivity contribution in [3.8, 4) is 0 Å². The highest BCUT2D eigenvalue weighted by Crippen LogP contribution is 2.37. The lowest BCUT2D eigenvalue weighted by molar-refractivity contribution is -0.111. The van der Waals surface area contributed by atoms with Crippen LogP contribution in [-0.4, -0.2) is 27.4 Å². The van der Waals surface area contributed by atoms with E-state index >= 15 is 0 Å². The van der Waals surface area contributed by atoms with E-state index in [-0.39, 0.29) is 10.9 Å². The minimum absolute atomic E-state index is 0.0132. The molecular weight excluding hydrogens is 238 g/mol. The number of nitrogens with zero attached hydrogens (tertiary/aromatic N) is 1. The average Bonchev–Trinajstić information content (AvgIpc) is 2.34. The van der Waals surface area contributed by atoms with Crippen molar-refractivity contribution in [3.05, 3.63) is 11.6 Å². The van der Waals surface area contributed by atoms with Gasteiger partial charge in [0.25, 0.3) is 0 Å². The van der Waals surface area contributed by atoms with Crippen molar-refractivity contribution in [1.29, 1.82) is 0 Å². The summed E-state index contributed by atoms with van der Waals surface area (Å²) in [6.07, 6.45) is 2.96. The van der Waals surface area contributed by atoms with E-state index in [9.17, 15) is 4.79 Å². The molecule has 0 aromatic rings. The van der Waals surface area contributed by atoms with Crippen molar-refractivity contribution in [2.45, 2.75) is 24.8 Å². The molecule has 1 aliphatic heterocycles. The number of carbonyl (C=O) groups excluding carboxylic acids is 1. The van der Waals surface area contributed by atoms with Crippen molar-refractivity contribution in [2.75, 3.05) is 5.33 Å². The van der Waals surface area contributed by atoms with E-state index in [4.69, 9.17) is 0 Å². The summed E-state index contributed by atoms with van der Waals surface area (Å²) in [6, 6.07) is -0.0498. The molecule has 0 radical (unpaired) electrons. The van der Waals surface area contributed by atoms with Crippen LogP contribution in [0.25, 0.3) is 0 Å². The number of thioether (sulfide) groups is 1. The summed E-state index contributed by atoms with van der Waals surface area (Å²) >= 11 is 5.05. The summed E-state index contributed by atoms with van der Waals surface area (Å²) in [5, 5.41) is 2.71. The Hall–Kier alpha value is 0.0400. The van der Waals surface area contributed by atoms with Gasteiger partial charge in [0.2, 0.25) is 0 Å². The summed E-state index contributed by atoms with van der Waals surface area (Å²) in [6.45, 7) is 4.22. The second kappa shape index (κ2) is 3.83. The minimum Gasteiger partial charge on any atom is -0.352 e. The molecule has 1 aliphatic rings. The molecule has 0 fully saturated rings. The molecule has 1 atom stereocenters. The third kappa shape index (κ3) is 1.85. The van der Waals surface area contributed by atoms with Crippen LogP contribution in [0.5, 0.6) is 0 Å². The predicted molar refractivity (Wildman–Crippen MR) is 56.3 cm³/mol. The first-order valence-corrected chi connectivity index (χ1v) is 5.76. The van der Waals surface area contributed by atoms with Gasteiger partial charge < -0.3 is 9.69 Å². The normalized spacial score (nSPS) is 22.8. The van der Waals surface area contributed by atoms with Crippen LogP contribution >= 0.6 is 27.7 Å². The zero-order chi connectivity index (χ0) is 9.19. The molecule has 0 saturated heterocycles. The van der Waals surface area contributed by atoms with Gasteiger partial charge in [0, 0.05) is 11.5 Å². The van der Waals surface area contributed by atoms with Crippen molar-refractivity contribution in [2.24, 2.45) is 0 Å². The fourth-order valence-electron chi connectivity index (χ4n) is 1.19. The molecule has 0 amide bonds. The SMILES string of the molecule is CC1(C)SC=CN1C(C=O)CBr. The highest BCUT2D eigenvalue weighted by molar-refractivity contribution is 9.09. The molecule has 2 nitrogen and oxygen atoms in total. The third-order valence-electron chi connectivity index (χ3n) is 1.87. The molecule has 0 aromatic heterocycles. The van der Waals surface area contributed by atoms with Gasteiger partial charge in [0.15, 0.2) is 0 Å². The number of alkyl halides is 1. The van der Waals surface area contributed by atoms with Crippen LogP contribution in [0.3, 0.4) is 0 Å². The number of rotatable bonds is 3. The quantitative estimate of drug-likeness (QED) is 0.565. The van der Waals surface area contributed by atoms with Gasteiger partial charge in [-0.25, -0.2) is 0 Å². The molecule has 68 valence electrons. The third-order valence-corrected chi connectivity index (χ3v) is 3.58. The molecule has 4 heteroatoms. The molecule has 0 bridgehead atoms. The van der Waals surface area contributed by atoms with Crippen molar-refractivity contribution < 1.29 is 4.79 Å². The van der Waals surface area contributed by atoms with Crippen molar-refractivity contribution >= 4 is 34.0 Å². The standard InChI is InChI=1S/C8H12BrNOS/c1-8(2)10(3-4-12-8)7(5-9)6-11/h3-4,6-7H,5H2,1-2H3. The van der Waals surface area contributed by atoms with E-state index in [1.807, 2.05) is 11.6 Å². The van der Waals surface area contributed by atoms with Gasteiger partial charge in [-0.3, -0.25) is 0 Å². The first-order valence-electron chi connectivity index (χ1n) is 3.76. The van der Waals surface area contributed by atoms with E-state index in [0.29, 0.717) is 5.33 Å². The Kier molecular flexibility index (Phi) is 3.23. The number of hydrogen-bond acceptors (Lipinski definition) is 3. The fraction of sp³-hybridized carbons (Fsp3) is 0.625. The van der Waals surface area contributed by atoms with Gasteiger partial charge in [0.1, 0.15) is 6.29 Å². The molecule has 0 saturated carbocycles. The van der Waals surface area contributed by atoms with Gasteiger partial charge in [0.05, 0.1) is 10.9 Å². The van der Waals surface area contributed by atoms with Crippen LogP contribution in [0.2, 0.25) is 0 Å². The fourth-order valence-corrected chi connectivity index (χ4v) is 2.50. The van der Waals surface area contributed by atoms with E-state index in [1.54, 1.807) is 11.8 Å². The maximum Gasteiger partial charge on any atom is 0.143 e. The first kappa shape index (κ1) is 10.1. The monoisotopic (exact) mass is 249 g/mol. The molecule has 1 rings (SSSR count). The number of halogens is 1. The van der Waals surface area contributed by atoms with Crippen molar-refractivity contribution in [3.63, 3.8) is 0 Å². The van der Waals surface area contributed by atoms with Crippen LogP contribution in [0, 0.1) is 0 Å². The lowest BCUT2D eigenvalue weighted by Crippen LogP contribution is -2.43. The van der Waals surface area contributed by atoms with Gasteiger partial charge >= 0.3 is 0 Å². The molecule has 1 unspecified atom stereocenters. The Bertz CT molecular complexity index is 205. The topological polar surface area (TPSA) is 20.3 Å². The maximum absolute atomic E-state index is 10.7. The lowest BCUT2D eigenvalue weighted by Gasteiger charge is -2.35. The second-order valence-corrected chi connectivity index (χ2v) is 5.27. The van der Waals surface area contributed by atoms with Gasteiger partial charge in [-0.2, -0.15) is 0 Å². The van der Waals surface area contributed by atoms with Crippen LogP contribution < -0.4 is 0 Å². The van der Waals surface area contributed by atoms with E-state index in [1.165, 1.54) is 0 Å². The molecule has 0 aliphatic carbocycles. The predicted octanol–water partition coefficient (Wildman–Crippen LogP) is 2.20. The summed E-state index contributed by atoms with van der Waals surface area (Å²) < 4.78 is 0. The Morgan fingerprint density at radius 1 is 1.75 bits per heavy atom. The summed E-state index contributed by atoms with van der Waals surface area (Å²) in [5.74, 6) is 0. The van der Waals surface area contributed by atoms with Gasteiger partial charge in [-0.15, -0.1) is 11.8 Å². The lowest BCUT2D eigenvalue weighted by atomic mass is 10.2. The van der Waals surface area contributed by atoms with E-state index in [2.05, 4.69) is 34.7 Å². The molecular formula is C8H12BrNOS. The molecule has 1 heterocycles. The smallest absolute Gasteiger partial charge is 0.143 e. The summed E-state index contributed by atoms with van der Waals surface area (Å²) in [5.41, 5.74) is 0. The average molecular weight is 250 g/mol. The Morgan fingerprint density at radius 2 is 2.42 bits per heavy atom. The van der Waals surface area contributed by atoms with Crippen LogP contribution in [0.15, 0.2) is 11.6 Å².